The lowest BCUT2D eigenvalue weighted by molar-refractivity contribution is 0.0512. The molecule has 0 saturated carbocycles. The first-order valence-electron chi connectivity index (χ1n) is 3.86. The Morgan fingerprint density at radius 2 is 2.36 bits per heavy atom. The number of rotatable bonds is 3. The highest BCUT2D eigenvalue weighted by molar-refractivity contribution is 7.13. The number of carbonyl (C=O) groups excluding carboxylic acids is 1. The third-order valence-electron chi connectivity index (χ3n) is 1.40. The Balaban J connectivity index is 0.00000169. The van der Waals surface area contributed by atoms with E-state index in [1.807, 2.05) is 6.92 Å². The zero-order valence-corrected chi connectivity index (χ0v) is 9.97. The molecular formula is C8H11Cl2NO2S. The molecule has 0 unspecified atom stereocenters. The van der Waals surface area contributed by atoms with Gasteiger partial charge in [0.05, 0.1) is 17.3 Å². The maximum atomic E-state index is 11.3. The highest BCUT2D eigenvalue weighted by Gasteiger charge is 2.15. The number of anilines is 1. The molecule has 0 aliphatic heterocycles. The molecule has 0 amide bonds. The Kier molecular flexibility index (Phi) is 5.92. The van der Waals surface area contributed by atoms with Gasteiger partial charge in [0.1, 0.15) is 4.88 Å². The van der Waals surface area contributed by atoms with E-state index in [9.17, 15) is 4.79 Å². The van der Waals surface area contributed by atoms with E-state index in [1.54, 1.807) is 5.38 Å². The number of esters is 1. The summed E-state index contributed by atoms with van der Waals surface area (Å²) in [5.41, 5.74) is 5.87. The van der Waals surface area contributed by atoms with E-state index in [-0.39, 0.29) is 12.4 Å². The summed E-state index contributed by atoms with van der Waals surface area (Å²) in [5.74, 6) is -0.392. The first-order valence-corrected chi connectivity index (χ1v) is 5.12. The number of hydrogen-bond donors (Lipinski definition) is 1. The average molecular weight is 256 g/mol. The number of hydrogen-bond acceptors (Lipinski definition) is 4. The second-order valence-corrected chi connectivity index (χ2v) is 3.75. The highest BCUT2D eigenvalue weighted by atomic mass is 35.5. The maximum absolute atomic E-state index is 11.3. The van der Waals surface area contributed by atoms with E-state index >= 15 is 0 Å². The average Bonchev–Trinajstić information content (AvgIpc) is 2.44. The van der Waals surface area contributed by atoms with Crippen LogP contribution in [-0.4, -0.2) is 12.6 Å². The summed E-state index contributed by atoms with van der Waals surface area (Å²) in [6.45, 7) is 2.34. The Bertz CT molecular complexity index is 314. The van der Waals surface area contributed by atoms with Crippen molar-refractivity contribution >= 4 is 47.0 Å². The van der Waals surface area contributed by atoms with Crippen molar-refractivity contribution in [2.75, 3.05) is 12.3 Å². The van der Waals surface area contributed by atoms with Gasteiger partial charge in [-0.1, -0.05) is 18.5 Å². The number of nitrogen functional groups attached to an aromatic ring is 1. The smallest absolute Gasteiger partial charge is 0.350 e. The molecule has 0 aromatic carbocycles. The van der Waals surface area contributed by atoms with Crippen LogP contribution in [-0.2, 0) is 4.74 Å². The number of thiophene rings is 1. The van der Waals surface area contributed by atoms with Gasteiger partial charge in [-0.2, -0.15) is 0 Å². The normalized spacial score (nSPS) is 9.29. The fourth-order valence-corrected chi connectivity index (χ4v) is 1.79. The largest absolute Gasteiger partial charge is 0.461 e. The van der Waals surface area contributed by atoms with Gasteiger partial charge in [-0.05, 0) is 6.42 Å². The van der Waals surface area contributed by atoms with Gasteiger partial charge in [0.2, 0.25) is 0 Å². The van der Waals surface area contributed by atoms with Gasteiger partial charge in [-0.25, -0.2) is 4.79 Å². The summed E-state index contributed by atoms with van der Waals surface area (Å²) in [7, 11) is 0. The molecule has 0 aliphatic rings. The van der Waals surface area contributed by atoms with Gasteiger partial charge >= 0.3 is 5.97 Å². The number of carbonyl (C=O) groups is 1. The summed E-state index contributed by atoms with van der Waals surface area (Å²) in [5, 5.41) is 2.04. The summed E-state index contributed by atoms with van der Waals surface area (Å²) in [6, 6.07) is 0. The summed E-state index contributed by atoms with van der Waals surface area (Å²) in [4.78, 5) is 11.7. The first kappa shape index (κ1) is 13.5. The van der Waals surface area contributed by atoms with Crippen LogP contribution in [0.5, 0.6) is 0 Å². The van der Waals surface area contributed by atoms with Crippen LogP contribution < -0.4 is 5.73 Å². The standard InChI is InChI=1S/C8H10ClNO2S.ClH/c1-2-3-12-8(11)7-6(10)5(9)4-13-7;/h4H,2-3,10H2,1H3;1H. The molecule has 0 radical (unpaired) electrons. The topological polar surface area (TPSA) is 52.3 Å². The fraction of sp³-hybridized carbons (Fsp3) is 0.375. The van der Waals surface area contributed by atoms with Crippen LogP contribution >= 0.6 is 35.3 Å². The SMILES string of the molecule is CCCOC(=O)c1scc(Cl)c1N.Cl. The quantitative estimate of drug-likeness (QED) is 0.846. The third-order valence-corrected chi connectivity index (χ3v) is 2.82. The van der Waals surface area contributed by atoms with Gasteiger partial charge in [-0.3, -0.25) is 0 Å². The molecule has 1 rings (SSSR count). The lowest BCUT2D eigenvalue weighted by Gasteiger charge is -2.00. The van der Waals surface area contributed by atoms with E-state index in [2.05, 4.69) is 0 Å². The van der Waals surface area contributed by atoms with Gasteiger partial charge in [0.15, 0.2) is 0 Å². The molecule has 0 bridgehead atoms. The Hall–Kier alpha value is -0.450. The predicted molar refractivity (Wildman–Crippen MR) is 61.6 cm³/mol. The molecule has 0 spiro atoms. The lowest BCUT2D eigenvalue weighted by Crippen LogP contribution is -2.06. The zero-order chi connectivity index (χ0) is 9.84. The molecule has 0 aliphatic carbocycles. The molecule has 1 heterocycles. The van der Waals surface area contributed by atoms with Crippen LogP contribution in [0.3, 0.4) is 0 Å². The van der Waals surface area contributed by atoms with Crippen LogP contribution in [0.4, 0.5) is 5.69 Å². The molecule has 0 fully saturated rings. The third kappa shape index (κ3) is 3.04. The molecule has 2 N–H and O–H groups in total. The van der Waals surface area contributed by atoms with Crippen molar-refractivity contribution in [1.29, 1.82) is 0 Å². The van der Waals surface area contributed by atoms with Gasteiger partial charge in [0.25, 0.3) is 0 Å². The van der Waals surface area contributed by atoms with Crippen molar-refractivity contribution in [1.82, 2.24) is 0 Å². The molecule has 14 heavy (non-hydrogen) atoms. The van der Waals surface area contributed by atoms with Crippen molar-refractivity contribution < 1.29 is 9.53 Å². The molecule has 1 aromatic heterocycles. The Labute approximate surface area is 97.6 Å². The summed E-state index contributed by atoms with van der Waals surface area (Å²) < 4.78 is 4.90. The molecule has 80 valence electrons. The predicted octanol–water partition coefficient (Wildman–Crippen LogP) is 2.97. The van der Waals surface area contributed by atoms with Crippen LogP contribution in [0, 0.1) is 0 Å². The molecule has 3 nitrogen and oxygen atoms in total. The second kappa shape index (κ2) is 6.11. The minimum absolute atomic E-state index is 0. The van der Waals surface area contributed by atoms with E-state index < -0.39 is 5.97 Å². The number of nitrogens with two attached hydrogens (primary N) is 1. The van der Waals surface area contributed by atoms with Crippen molar-refractivity contribution in [3.63, 3.8) is 0 Å². The molecule has 0 atom stereocenters. The van der Waals surface area contributed by atoms with Crippen LogP contribution in [0.2, 0.25) is 5.02 Å². The molecular weight excluding hydrogens is 245 g/mol. The number of ether oxygens (including phenoxy) is 1. The number of halogens is 2. The molecule has 6 heteroatoms. The van der Waals surface area contributed by atoms with Crippen molar-refractivity contribution in [2.24, 2.45) is 0 Å². The van der Waals surface area contributed by atoms with Gasteiger partial charge in [0, 0.05) is 5.38 Å². The van der Waals surface area contributed by atoms with E-state index in [0.717, 1.165) is 6.42 Å². The highest BCUT2D eigenvalue weighted by Crippen LogP contribution is 2.29. The fourth-order valence-electron chi connectivity index (χ4n) is 0.764. The Morgan fingerprint density at radius 3 is 2.79 bits per heavy atom. The van der Waals surface area contributed by atoms with Gasteiger partial charge in [-0.15, -0.1) is 23.7 Å². The summed E-state index contributed by atoms with van der Waals surface area (Å²) in [6.07, 6.45) is 0.796. The second-order valence-electron chi connectivity index (χ2n) is 2.46. The van der Waals surface area contributed by atoms with Crippen LogP contribution in [0.15, 0.2) is 5.38 Å². The summed E-state index contributed by atoms with van der Waals surface area (Å²) >= 11 is 6.89. The van der Waals surface area contributed by atoms with Crippen molar-refractivity contribution in [3.8, 4) is 0 Å². The Morgan fingerprint density at radius 1 is 1.71 bits per heavy atom. The van der Waals surface area contributed by atoms with Crippen molar-refractivity contribution in [3.05, 3.63) is 15.3 Å². The minimum Gasteiger partial charge on any atom is -0.461 e. The van der Waals surface area contributed by atoms with E-state index in [1.165, 1.54) is 11.3 Å². The first-order chi connectivity index (χ1) is 6.16. The van der Waals surface area contributed by atoms with Crippen LogP contribution in [0.25, 0.3) is 0 Å². The minimum atomic E-state index is -0.392. The van der Waals surface area contributed by atoms with Crippen molar-refractivity contribution in [2.45, 2.75) is 13.3 Å². The lowest BCUT2D eigenvalue weighted by atomic mass is 10.4. The molecule has 0 saturated heterocycles. The van der Waals surface area contributed by atoms with Crippen LogP contribution in [0.1, 0.15) is 23.0 Å². The molecule has 1 aromatic rings. The van der Waals surface area contributed by atoms with E-state index in [0.29, 0.717) is 22.2 Å². The monoisotopic (exact) mass is 255 g/mol. The zero-order valence-electron chi connectivity index (χ0n) is 7.58. The van der Waals surface area contributed by atoms with E-state index in [4.69, 9.17) is 22.1 Å². The maximum Gasteiger partial charge on any atom is 0.350 e. The van der Waals surface area contributed by atoms with Gasteiger partial charge < -0.3 is 10.5 Å².